The molecule has 0 radical (unpaired) electrons. The molecule has 0 bridgehead atoms. The molecule has 2 aliphatic rings. The third-order valence-corrected chi connectivity index (χ3v) is 5.72. The summed E-state index contributed by atoms with van der Waals surface area (Å²) in [5.74, 6) is 1.42. The molecule has 2 heterocycles. The zero-order valence-corrected chi connectivity index (χ0v) is 17.0. The van der Waals surface area contributed by atoms with E-state index in [1.54, 1.807) is 18.2 Å². The zero-order valence-electron chi connectivity index (χ0n) is 14.8. The molecule has 0 N–H and O–H groups in total. The molecule has 0 saturated carbocycles. The molecule has 2 aromatic rings. The van der Waals surface area contributed by atoms with E-state index in [-0.39, 0.29) is 17.6 Å². The Morgan fingerprint density at radius 1 is 0.926 bits per heavy atom. The number of Topliss-reactive ketones (excluding diaryl/α,β-unsaturated/α-hetero) is 1. The van der Waals surface area contributed by atoms with Crippen LogP contribution >= 0.6 is 22.6 Å². The Bertz CT molecular complexity index is 874. The highest BCUT2D eigenvalue weighted by Crippen LogP contribution is 2.32. The van der Waals surface area contributed by atoms with Crippen LogP contribution in [0.25, 0.3) is 0 Å². The third-order valence-electron chi connectivity index (χ3n) is 5.05. The van der Waals surface area contributed by atoms with Gasteiger partial charge < -0.3 is 14.4 Å². The highest BCUT2D eigenvalue weighted by Gasteiger charge is 2.29. The number of hydrogen-bond acceptors (Lipinski definition) is 4. The Morgan fingerprint density at radius 2 is 1.67 bits per heavy atom. The number of carbonyl (C=O) groups excluding carboxylic acids is 2. The Labute approximate surface area is 171 Å². The lowest BCUT2D eigenvalue weighted by atomic mass is 9.88. The van der Waals surface area contributed by atoms with Gasteiger partial charge in [-0.1, -0.05) is 6.07 Å². The minimum Gasteiger partial charge on any atom is -0.486 e. The lowest BCUT2D eigenvalue weighted by Crippen LogP contribution is -2.40. The summed E-state index contributed by atoms with van der Waals surface area (Å²) in [5, 5.41) is 0. The van der Waals surface area contributed by atoms with E-state index >= 15 is 0 Å². The van der Waals surface area contributed by atoms with Crippen LogP contribution in [0.1, 0.15) is 33.6 Å². The molecule has 1 amide bonds. The zero-order chi connectivity index (χ0) is 18.8. The predicted octanol–water partition coefficient (Wildman–Crippen LogP) is 3.80. The number of halogens is 1. The van der Waals surface area contributed by atoms with Gasteiger partial charge in [-0.15, -0.1) is 0 Å². The predicted molar refractivity (Wildman–Crippen MR) is 110 cm³/mol. The van der Waals surface area contributed by atoms with Crippen molar-refractivity contribution in [1.82, 2.24) is 4.90 Å². The largest absolute Gasteiger partial charge is 0.486 e. The van der Waals surface area contributed by atoms with Crippen LogP contribution < -0.4 is 9.47 Å². The smallest absolute Gasteiger partial charge is 0.253 e. The number of rotatable bonds is 3. The fourth-order valence-electron chi connectivity index (χ4n) is 3.58. The van der Waals surface area contributed by atoms with Crippen molar-refractivity contribution in [3.8, 4) is 11.5 Å². The van der Waals surface area contributed by atoms with Gasteiger partial charge >= 0.3 is 0 Å². The van der Waals surface area contributed by atoms with Crippen molar-refractivity contribution < 1.29 is 19.1 Å². The molecule has 0 unspecified atom stereocenters. The van der Waals surface area contributed by atoms with Crippen LogP contribution in [0.3, 0.4) is 0 Å². The van der Waals surface area contributed by atoms with Crippen molar-refractivity contribution >= 4 is 34.3 Å². The molecular weight excluding hydrogens is 457 g/mol. The summed E-state index contributed by atoms with van der Waals surface area (Å²) in [4.78, 5) is 27.4. The van der Waals surface area contributed by atoms with Crippen molar-refractivity contribution in [2.45, 2.75) is 12.8 Å². The van der Waals surface area contributed by atoms with E-state index in [0.29, 0.717) is 61.8 Å². The molecule has 0 atom stereocenters. The van der Waals surface area contributed by atoms with Gasteiger partial charge in [-0.25, -0.2) is 0 Å². The van der Waals surface area contributed by atoms with Crippen LogP contribution in [0.5, 0.6) is 11.5 Å². The highest BCUT2D eigenvalue weighted by molar-refractivity contribution is 14.1. The van der Waals surface area contributed by atoms with Gasteiger partial charge in [-0.2, -0.15) is 0 Å². The lowest BCUT2D eigenvalue weighted by molar-refractivity contribution is 0.0650. The maximum absolute atomic E-state index is 12.9. The minimum absolute atomic E-state index is 0.0405. The SMILES string of the molecule is O=C(c1ccc2c(c1)OCCO2)C1CCN(C(=O)c2cccc(I)c2)CC1. The molecule has 27 heavy (non-hydrogen) atoms. The molecule has 0 aromatic heterocycles. The van der Waals surface area contributed by atoms with Gasteiger partial charge in [0.05, 0.1) is 0 Å². The minimum atomic E-state index is -0.0625. The van der Waals surface area contributed by atoms with E-state index in [4.69, 9.17) is 9.47 Å². The molecule has 2 aliphatic heterocycles. The first kappa shape index (κ1) is 18.3. The molecule has 0 aliphatic carbocycles. The van der Waals surface area contributed by atoms with Crippen LogP contribution in [0.4, 0.5) is 0 Å². The van der Waals surface area contributed by atoms with Crippen molar-refractivity contribution in [3.05, 3.63) is 57.2 Å². The summed E-state index contributed by atoms with van der Waals surface area (Å²) in [6, 6.07) is 13.0. The molecule has 0 spiro atoms. The molecule has 5 nitrogen and oxygen atoms in total. The number of likely N-dealkylation sites (tertiary alicyclic amines) is 1. The normalized spacial score (nSPS) is 16.9. The van der Waals surface area contributed by atoms with E-state index in [1.165, 1.54) is 0 Å². The fourth-order valence-corrected chi connectivity index (χ4v) is 4.12. The molecule has 6 heteroatoms. The van der Waals surface area contributed by atoms with Gasteiger partial charge in [0.15, 0.2) is 17.3 Å². The summed E-state index contributed by atoms with van der Waals surface area (Å²) in [6.07, 6.45) is 1.37. The Balaban J connectivity index is 1.40. The first-order valence-electron chi connectivity index (χ1n) is 9.10. The summed E-state index contributed by atoms with van der Waals surface area (Å²) in [7, 11) is 0. The van der Waals surface area contributed by atoms with Crippen molar-refractivity contribution in [1.29, 1.82) is 0 Å². The number of piperidine rings is 1. The summed E-state index contributed by atoms with van der Waals surface area (Å²) in [5.41, 5.74) is 1.36. The van der Waals surface area contributed by atoms with Gasteiger partial charge in [0.2, 0.25) is 0 Å². The lowest BCUT2D eigenvalue weighted by Gasteiger charge is -2.31. The maximum Gasteiger partial charge on any atom is 0.253 e. The van der Waals surface area contributed by atoms with Gasteiger partial charge in [-0.05, 0) is 71.8 Å². The van der Waals surface area contributed by atoms with Gasteiger partial charge in [0, 0.05) is 33.7 Å². The number of hydrogen-bond donors (Lipinski definition) is 0. The Kier molecular flexibility index (Phi) is 5.33. The monoisotopic (exact) mass is 477 g/mol. The quantitative estimate of drug-likeness (QED) is 0.499. The summed E-state index contributed by atoms with van der Waals surface area (Å²) in [6.45, 7) is 2.24. The number of fused-ring (bicyclic) bond motifs is 1. The first-order valence-corrected chi connectivity index (χ1v) is 10.2. The maximum atomic E-state index is 12.9. The standard InChI is InChI=1S/C21H20INO4/c22-17-3-1-2-16(12-17)21(25)23-8-6-14(7-9-23)20(24)15-4-5-18-19(13-15)27-11-10-26-18/h1-5,12-14H,6-11H2. The summed E-state index contributed by atoms with van der Waals surface area (Å²) >= 11 is 2.21. The number of ether oxygens (including phenoxy) is 2. The van der Waals surface area contributed by atoms with Crippen LogP contribution in [-0.2, 0) is 0 Å². The number of carbonyl (C=O) groups is 2. The number of nitrogens with zero attached hydrogens (tertiary/aromatic N) is 1. The van der Waals surface area contributed by atoms with Crippen molar-refractivity contribution in [2.75, 3.05) is 26.3 Å². The number of ketones is 1. The van der Waals surface area contributed by atoms with E-state index in [0.717, 1.165) is 3.57 Å². The molecule has 140 valence electrons. The van der Waals surface area contributed by atoms with Crippen LogP contribution in [0.15, 0.2) is 42.5 Å². The molecule has 4 rings (SSSR count). The third kappa shape index (κ3) is 3.95. The number of amides is 1. The fraction of sp³-hybridized carbons (Fsp3) is 0.333. The molecular formula is C21H20INO4. The second-order valence-corrected chi connectivity index (χ2v) is 8.05. The van der Waals surface area contributed by atoms with Gasteiger partial charge in [-0.3, -0.25) is 9.59 Å². The van der Waals surface area contributed by atoms with Crippen LogP contribution in [0.2, 0.25) is 0 Å². The first-order chi connectivity index (χ1) is 13.1. The topological polar surface area (TPSA) is 55.8 Å². The average molecular weight is 477 g/mol. The van der Waals surface area contributed by atoms with Crippen LogP contribution in [-0.4, -0.2) is 42.9 Å². The number of benzene rings is 2. The average Bonchev–Trinajstić information content (AvgIpc) is 2.72. The molecule has 1 fully saturated rings. The van der Waals surface area contributed by atoms with Crippen molar-refractivity contribution in [2.24, 2.45) is 5.92 Å². The van der Waals surface area contributed by atoms with Gasteiger partial charge in [0.1, 0.15) is 13.2 Å². The van der Waals surface area contributed by atoms with E-state index in [9.17, 15) is 9.59 Å². The Hall–Kier alpha value is -2.09. The summed E-state index contributed by atoms with van der Waals surface area (Å²) < 4.78 is 12.1. The van der Waals surface area contributed by atoms with E-state index < -0.39 is 0 Å². The molecule has 2 aromatic carbocycles. The van der Waals surface area contributed by atoms with E-state index in [2.05, 4.69) is 22.6 Å². The Morgan fingerprint density at radius 3 is 2.41 bits per heavy atom. The molecule has 1 saturated heterocycles. The van der Waals surface area contributed by atoms with Crippen molar-refractivity contribution in [3.63, 3.8) is 0 Å². The van der Waals surface area contributed by atoms with Crippen LogP contribution in [0, 0.1) is 9.49 Å². The second kappa shape index (κ2) is 7.88. The van der Waals surface area contributed by atoms with E-state index in [1.807, 2.05) is 29.2 Å². The van der Waals surface area contributed by atoms with Gasteiger partial charge in [0.25, 0.3) is 5.91 Å². The second-order valence-electron chi connectivity index (χ2n) is 6.80. The highest BCUT2D eigenvalue weighted by atomic mass is 127.